The number of hydrogen-bond acceptors (Lipinski definition) is 3. The summed E-state index contributed by atoms with van der Waals surface area (Å²) in [5.74, 6) is -0.0368. The Balaban J connectivity index is 1.89. The molecular formula is C14H13BrN3O2+. The number of H-pyrrole nitrogens is 1. The zero-order valence-corrected chi connectivity index (χ0v) is 12.1. The molecule has 0 radical (unpaired) electrons. The molecule has 6 heteroatoms. The van der Waals surface area contributed by atoms with Crippen molar-refractivity contribution in [2.45, 2.75) is 6.42 Å². The second-order valence-electron chi connectivity index (χ2n) is 4.09. The lowest BCUT2D eigenvalue weighted by Gasteiger charge is -1.99. The Bertz CT molecular complexity index is 630. The van der Waals surface area contributed by atoms with Crippen molar-refractivity contribution in [2.75, 3.05) is 0 Å². The van der Waals surface area contributed by atoms with Crippen molar-refractivity contribution < 1.29 is 14.9 Å². The van der Waals surface area contributed by atoms with Crippen LogP contribution in [0.1, 0.15) is 11.1 Å². The van der Waals surface area contributed by atoms with Crippen LogP contribution < -0.4 is 10.4 Å². The van der Waals surface area contributed by atoms with Gasteiger partial charge in [0.2, 0.25) is 5.91 Å². The molecule has 1 amide bonds. The van der Waals surface area contributed by atoms with Crippen LogP contribution in [0.25, 0.3) is 0 Å². The summed E-state index contributed by atoms with van der Waals surface area (Å²) >= 11 is 3.21. The monoisotopic (exact) mass is 334 g/mol. The van der Waals surface area contributed by atoms with Gasteiger partial charge >= 0.3 is 0 Å². The number of aromatic hydroxyl groups is 1. The molecule has 3 N–H and O–H groups in total. The molecule has 102 valence electrons. The van der Waals surface area contributed by atoms with Crippen LogP contribution in [0.2, 0.25) is 0 Å². The first-order valence-electron chi connectivity index (χ1n) is 5.90. The molecule has 0 bridgehead atoms. The van der Waals surface area contributed by atoms with Crippen LogP contribution in [0.15, 0.2) is 52.3 Å². The van der Waals surface area contributed by atoms with E-state index in [0.717, 1.165) is 11.1 Å². The van der Waals surface area contributed by atoms with E-state index in [1.54, 1.807) is 30.6 Å². The molecule has 1 aromatic heterocycles. The summed E-state index contributed by atoms with van der Waals surface area (Å²) in [5.41, 5.74) is 4.10. The van der Waals surface area contributed by atoms with Crippen LogP contribution in [-0.2, 0) is 11.2 Å². The maximum atomic E-state index is 11.6. The number of rotatable bonds is 4. The Morgan fingerprint density at radius 3 is 3.00 bits per heavy atom. The van der Waals surface area contributed by atoms with Crippen LogP contribution in [-0.4, -0.2) is 17.2 Å². The minimum atomic E-state index is -0.196. The quantitative estimate of drug-likeness (QED) is 0.659. The Morgan fingerprint density at radius 2 is 2.30 bits per heavy atom. The Kier molecular flexibility index (Phi) is 4.84. The van der Waals surface area contributed by atoms with Crippen LogP contribution >= 0.6 is 15.9 Å². The van der Waals surface area contributed by atoms with E-state index >= 15 is 0 Å². The third-order valence-corrected chi connectivity index (χ3v) is 3.15. The van der Waals surface area contributed by atoms with Gasteiger partial charge in [-0.15, -0.1) is 0 Å². The fraction of sp³-hybridized carbons (Fsp3) is 0.0714. The molecule has 20 heavy (non-hydrogen) atoms. The van der Waals surface area contributed by atoms with Crippen LogP contribution in [0.5, 0.6) is 5.75 Å². The lowest BCUT2D eigenvalue weighted by molar-refractivity contribution is -0.378. The van der Waals surface area contributed by atoms with Crippen molar-refractivity contribution in [1.29, 1.82) is 0 Å². The molecule has 1 heterocycles. The number of phenolic OH excluding ortho intramolecular Hbond substituents is 1. The first kappa shape index (κ1) is 14.2. The zero-order chi connectivity index (χ0) is 14.4. The highest BCUT2D eigenvalue weighted by molar-refractivity contribution is 9.10. The first-order valence-corrected chi connectivity index (χ1v) is 6.70. The number of amides is 1. The average molecular weight is 335 g/mol. The number of halogens is 1. The van der Waals surface area contributed by atoms with Gasteiger partial charge in [0.15, 0.2) is 12.4 Å². The minimum Gasteiger partial charge on any atom is -0.507 e. The molecular weight excluding hydrogens is 322 g/mol. The Hall–Kier alpha value is -2.21. The number of aromatic amines is 1. The summed E-state index contributed by atoms with van der Waals surface area (Å²) in [6.07, 6.45) is 5.32. The van der Waals surface area contributed by atoms with Gasteiger partial charge in [-0.05, 0) is 45.8 Å². The van der Waals surface area contributed by atoms with Crippen molar-refractivity contribution >= 4 is 28.1 Å². The van der Waals surface area contributed by atoms with Gasteiger partial charge in [-0.25, -0.2) is 10.4 Å². The van der Waals surface area contributed by atoms with Gasteiger partial charge in [-0.3, -0.25) is 4.79 Å². The van der Waals surface area contributed by atoms with Crippen molar-refractivity contribution in [1.82, 2.24) is 5.43 Å². The number of benzene rings is 1. The summed E-state index contributed by atoms with van der Waals surface area (Å²) in [4.78, 5) is 14.5. The normalized spacial score (nSPS) is 10.7. The molecule has 0 aliphatic rings. The maximum absolute atomic E-state index is 11.6. The first-order chi connectivity index (χ1) is 9.65. The van der Waals surface area contributed by atoms with Gasteiger partial charge in [0, 0.05) is 11.6 Å². The lowest BCUT2D eigenvalue weighted by atomic mass is 10.2. The second-order valence-corrected chi connectivity index (χ2v) is 4.95. The van der Waals surface area contributed by atoms with Crippen molar-refractivity contribution in [2.24, 2.45) is 5.10 Å². The SMILES string of the molecule is O=C(Cc1ccc[nH+]c1)N/N=C/c1ccc(O)c(Br)c1. The smallest absolute Gasteiger partial charge is 0.244 e. The van der Waals surface area contributed by atoms with Crippen molar-refractivity contribution in [3.05, 3.63) is 58.3 Å². The van der Waals surface area contributed by atoms with E-state index in [0.29, 0.717) is 4.47 Å². The number of nitrogens with zero attached hydrogens (tertiary/aromatic N) is 1. The van der Waals surface area contributed by atoms with E-state index in [1.165, 1.54) is 6.21 Å². The number of phenols is 1. The molecule has 2 aromatic rings. The molecule has 0 spiro atoms. The highest BCUT2D eigenvalue weighted by Gasteiger charge is 2.03. The van der Waals surface area contributed by atoms with E-state index in [2.05, 4.69) is 31.4 Å². The van der Waals surface area contributed by atoms with Crippen LogP contribution in [0.3, 0.4) is 0 Å². The summed E-state index contributed by atoms with van der Waals surface area (Å²) < 4.78 is 0.576. The molecule has 0 saturated heterocycles. The molecule has 0 aliphatic heterocycles. The van der Waals surface area contributed by atoms with E-state index < -0.39 is 0 Å². The molecule has 0 fully saturated rings. The molecule has 0 saturated carbocycles. The van der Waals surface area contributed by atoms with E-state index in [9.17, 15) is 9.90 Å². The number of hydrogen-bond donors (Lipinski definition) is 2. The van der Waals surface area contributed by atoms with Crippen molar-refractivity contribution in [3.63, 3.8) is 0 Å². The summed E-state index contributed by atoms with van der Waals surface area (Å²) in [7, 11) is 0. The van der Waals surface area contributed by atoms with Crippen molar-refractivity contribution in [3.8, 4) is 5.75 Å². The van der Waals surface area contributed by atoms with Gasteiger partial charge in [0.25, 0.3) is 0 Å². The molecule has 0 atom stereocenters. The fourth-order valence-corrected chi connectivity index (χ4v) is 1.94. The molecule has 0 aliphatic carbocycles. The third kappa shape index (κ3) is 4.17. The van der Waals surface area contributed by atoms with E-state index in [1.807, 2.05) is 12.1 Å². The van der Waals surface area contributed by atoms with Crippen LogP contribution in [0.4, 0.5) is 0 Å². The van der Waals surface area contributed by atoms with Gasteiger partial charge < -0.3 is 5.11 Å². The molecule has 5 nitrogen and oxygen atoms in total. The summed E-state index contributed by atoms with van der Waals surface area (Å²) in [6, 6.07) is 8.64. The van der Waals surface area contributed by atoms with Gasteiger partial charge in [0.1, 0.15) is 5.75 Å². The summed E-state index contributed by atoms with van der Waals surface area (Å²) in [6.45, 7) is 0. The predicted octanol–water partition coefficient (Wildman–Crippen LogP) is 1.66. The van der Waals surface area contributed by atoms with E-state index in [-0.39, 0.29) is 18.1 Å². The average Bonchev–Trinajstić information content (AvgIpc) is 2.44. The summed E-state index contributed by atoms with van der Waals surface area (Å²) in [5, 5.41) is 13.2. The molecule has 2 rings (SSSR count). The Morgan fingerprint density at radius 1 is 1.45 bits per heavy atom. The number of carbonyl (C=O) groups is 1. The third-order valence-electron chi connectivity index (χ3n) is 2.51. The Labute approximate surface area is 124 Å². The standard InChI is InChI=1S/C14H12BrN3O2/c15-12-6-11(3-4-13(12)19)9-17-18-14(20)7-10-2-1-5-16-8-10/h1-6,8-9,19H,7H2,(H,18,20)/p+1/b17-9+. The second kappa shape index (κ2) is 6.81. The van der Waals surface area contributed by atoms with E-state index in [4.69, 9.17) is 0 Å². The van der Waals surface area contributed by atoms with Gasteiger partial charge in [0.05, 0.1) is 17.1 Å². The zero-order valence-electron chi connectivity index (χ0n) is 10.5. The largest absolute Gasteiger partial charge is 0.507 e. The number of hydrazone groups is 1. The number of nitrogens with one attached hydrogen (secondary N) is 2. The highest BCUT2D eigenvalue weighted by atomic mass is 79.9. The topological polar surface area (TPSA) is 75.8 Å². The number of carbonyl (C=O) groups excluding carboxylic acids is 1. The maximum Gasteiger partial charge on any atom is 0.244 e. The minimum absolute atomic E-state index is 0.159. The highest BCUT2D eigenvalue weighted by Crippen LogP contribution is 2.23. The molecule has 1 aromatic carbocycles. The lowest BCUT2D eigenvalue weighted by Crippen LogP contribution is -2.20. The van der Waals surface area contributed by atoms with Crippen LogP contribution in [0, 0.1) is 0 Å². The number of aromatic nitrogens is 1. The molecule has 0 unspecified atom stereocenters. The van der Waals surface area contributed by atoms with Gasteiger partial charge in [-0.1, -0.05) is 0 Å². The van der Waals surface area contributed by atoms with Gasteiger partial charge in [-0.2, -0.15) is 5.10 Å². The fourth-order valence-electron chi connectivity index (χ4n) is 1.55. The number of pyridine rings is 1. The predicted molar refractivity (Wildman–Crippen MR) is 78.2 cm³/mol.